The lowest BCUT2D eigenvalue weighted by molar-refractivity contribution is 0.0706. The lowest BCUT2D eigenvalue weighted by Crippen LogP contribution is -2.48. The van der Waals surface area contributed by atoms with Crippen LogP contribution in [0.5, 0.6) is 0 Å². The molecule has 1 fully saturated rings. The second-order valence-electron chi connectivity index (χ2n) is 7.43. The Hall–Kier alpha value is -3.12. The van der Waals surface area contributed by atoms with Crippen LogP contribution in [0.2, 0.25) is 0 Å². The molecule has 4 rings (SSSR count). The minimum absolute atomic E-state index is 0.0608. The van der Waals surface area contributed by atoms with E-state index in [2.05, 4.69) is 4.90 Å². The van der Waals surface area contributed by atoms with Gasteiger partial charge in [-0.25, -0.2) is 0 Å². The van der Waals surface area contributed by atoms with E-state index in [-0.39, 0.29) is 11.7 Å². The Morgan fingerprint density at radius 2 is 1.70 bits per heavy atom. The summed E-state index contributed by atoms with van der Waals surface area (Å²) in [4.78, 5) is 28.8. The van der Waals surface area contributed by atoms with E-state index in [9.17, 15) is 9.59 Å². The van der Waals surface area contributed by atoms with Gasteiger partial charge in [0.25, 0.3) is 5.91 Å². The van der Waals surface area contributed by atoms with Gasteiger partial charge in [-0.3, -0.25) is 9.59 Å². The molecule has 0 aliphatic carbocycles. The fraction of sp³-hybridized carbons (Fsp3) is 0.333. The van der Waals surface area contributed by atoms with E-state index in [4.69, 9.17) is 9.15 Å². The van der Waals surface area contributed by atoms with E-state index in [1.165, 1.54) is 0 Å². The van der Waals surface area contributed by atoms with E-state index in [0.717, 1.165) is 29.7 Å². The molecule has 1 aliphatic heterocycles. The summed E-state index contributed by atoms with van der Waals surface area (Å²) in [5.41, 5.74) is 3.30. The van der Waals surface area contributed by atoms with Gasteiger partial charge < -0.3 is 19.0 Å². The number of fused-ring (bicyclic) bond motifs is 1. The van der Waals surface area contributed by atoms with Crippen molar-refractivity contribution in [3.05, 3.63) is 65.4 Å². The smallest absolute Gasteiger partial charge is 0.290 e. The molecule has 3 aromatic rings. The number of hydrogen-bond acceptors (Lipinski definition) is 5. The van der Waals surface area contributed by atoms with Gasteiger partial charge in [0, 0.05) is 55.0 Å². The summed E-state index contributed by atoms with van der Waals surface area (Å²) >= 11 is 0. The number of ether oxygens (including phenoxy) is 1. The Labute approximate surface area is 176 Å². The first-order valence-corrected chi connectivity index (χ1v) is 10.3. The van der Waals surface area contributed by atoms with Crippen molar-refractivity contribution in [3.8, 4) is 0 Å². The normalized spacial score (nSPS) is 14.3. The zero-order valence-electron chi connectivity index (χ0n) is 17.4. The van der Waals surface area contributed by atoms with E-state index in [1.807, 2.05) is 60.4 Å². The summed E-state index contributed by atoms with van der Waals surface area (Å²) < 4.78 is 11.5. The standard InChI is InChI=1S/C24H26N2O4/c1-3-29-16-21-20-6-4-5-7-22(20)30-23(21)24(28)26-14-12-25(13-15-26)19-10-8-18(9-11-19)17(2)27/h4-11H,3,12-16H2,1-2H3. The number of carbonyl (C=O) groups is 2. The molecule has 0 unspecified atom stereocenters. The number of amides is 1. The van der Waals surface area contributed by atoms with Gasteiger partial charge >= 0.3 is 0 Å². The highest BCUT2D eigenvalue weighted by Gasteiger charge is 2.28. The number of carbonyl (C=O) groups excluding carboxylic acids is 2. The summed E-state index contributed by atoms with van der Waals surface area (Å²) in [6.45, 7) is 7.11. The molecule has 6 heteroatoms. The molecule has 0 radical (unpaired) electrons. The van der Waals surface area contributed by atoms with Gasteiger partial charge in [0.2, 0.25) is 0 Å². The average Bonchev–Trinajstić information content (AvgIpc) is 3.16. The van der Waals surface area contributed by atoms with Crippen LogP contribution in [0.1, 0.15) is 40.3 Å². The summed E-state index contributed by atoms with van der Waals surface area (Å²) in [5.74, 6) is 0.349. The Morgan fingerprint density at radius 1 is 1.00 bits per heavy atom. The largest absolute Gasteiger partial charge is 0.451 e. The Bertz CT molecular complexity index is 1050. The molecule has 2 aromatic carbocycles. The summed E-state index contributed by atoms with van der Waals surface area (Å²) in [5, 5.41) is 0.929. The molecule has 1 amide bonds. The summed E-state index contributed by atoms with van der Waals surface area (Å²) in [6.07, 6.45) is 0. The molecule has 0 saturated carbocycles. The minimum atomic E-state index is -0.0903. The molecule has 0 atom stereocenters. The van der Waals surface area contributed by atoms with Gasteiger partial charge in [-0.15, -0.1) is 0 Å². The van der Waals surface area contributed by atoms with Crippen LogP contribution in [0.3, 0.4) is 0 Å². The van der Waals surface area contributed by atoms with Gasteiger partial charge in [0.05, 0.1) is 6.61 Å². The lowest BCUT2D eigenvalue weighted by atomic mass is 10.1. The third kappa shape index (κ3) is 3.96. The highest BCUT2D eigenvalue weighted by molar-refractivity contribution is 5.99. The van der Waals surface area contributed by atoms with Crippen LogP contribution >= 0.6 is 0 Å². The van der Waals surface area contributed by atoms with Crippen molar-refractivity contribution in [3.63, 3.8) is 0 Å². The SMILES string of the molecule is CCOCc1c(C(=O)N2CCN(c3ccc(C(C)=O)cc3)CC2)oc2ccccc12. The quantitative estimate of drug-likeness (QED) is 0.576. The number of furan rings is 1. The maximum absolute atomic E-state index is 13.2. The lowest BCUT2D eigenvalue weighted by Gasteiger charge is -2.36. The number of hydrogen-bond donors (Lipinski definition) is 0. The number of Topliss-reactive ketones (excluding diaryl/α,β-unsaturated/α-hetero) is 1. The van der Waals surface area contributed by atoms with Gasteiger partial charge in [-0.05, 0) is 44.2 Å². The first-order valence-electron chi connectivity index (χ1n) is 10.3. The van der Waals surface area contributed by atoms with Crippen molar-refractivity contribution in [2.24, 2.45) is 0 Å². The predicted octanol–water partition coefficient (Wildman–Crippen LogP) is 4.13. The fourth-order valence-electron chi connectivity index (χ4n) is 3.84. The Morgan fingerprint density at radius 3 is 2.37 bits per heavy atom. The zero-order valence-corrected chi connectivity index (χ0v) is 17.4. The second-order valence-corrected chi connectivity index (χ2v) is 7.43. The van der Waals surface area contributed by atoms with Crippen molar-refractivity contribution in [2.45, 2.75) is 20.5 Å². The third-order valence-electron chi connectivity index (χ3n) is 5.55. The predicted molar refractivity (Wildman–Crippen MR) is 116 cm³/mol. The number of para-hydroxylation sites is 1. The molecule has 1 aromatic heterocycles. The van der Waals surface area contributed by atoms with Crippen LogP contribution < -0.4 is 4.90 Å². The van der Waals surface area contributed by atoms with Gasteiger partial charge in [0.15, 0.2) is 11.5 Å². The monoisotopic (exact) mass is 406 g/mol. The van der Waals surface area contributed by atoms with Crippen LogP contribution in [0.25, 0.3) is 11.0 Å². The van der Waals surface area contributed by atoms with Crippen molar-refractivity contribution < 1.29 is 18.7 Å². The first kappa shape index (κ1) is 20.2. The van der Waals surface area contributed by atoms with Crippen LogP contribution in [0.15, 0.2) is 52.9 Å². The number of piperazine rings is 1. The van der Waals surface area contributed by atoms with E-state index < -0.39 is 0 Å². The van der Waals surface area contributed by atoms with Crippen molar-refractivity contribution >= 4 is 28.3 Å². The van der Waals surface area contributed by atoms with Crippen molar-refractivity contribution in [1.29, 1.82) is 0 Å². The molecule has 0 N–H and O–H groups in total. The molecule has 1 aliphatic rings. The number of ketones is 1. The maximum Gasteiger partial charge on any atom is 0.290 e. The molecule has 6 nitrogen and oxygen atoms in total. The fourth-order valence-corrected chi connectivity index (χ4v) is 3.84. The number of rotatable bonds is 6. The van der Waals surface area contributed by atoms with E-state index in [1.54, 1.807) is 6.92 Å². The van der Waals surface area contributed by atoms with Crippen molar-refractivity contribution in [2.75, 3.05) is 37.7 Å². The van der Waals surface area contributed by atoms with Crippen LogP contribution in [-0.2, 0) is 11.3 Å². The van der Waals surface area contributed by atoms with Crippen LogP contribution in [0.4, 0.5) is 5.69 Å². The number of anilines is 1. The van der Waals surface area contributed by atoms with Crippen molar-refractivity contribution in [1.82, 2.24) is 4.90 Å². The average molecular weight is 406 g/mol. The van der Waals surface area contributed by atoms with Crippen LogP contribution in [0, 0.1) is 0 Å². The summed E-state index contributed by atoms with van der Waals surface area (Å²) in [6, 6.07) is 15.3. The van der Waals surface area contributed by atoms with E-state index >= 15 is 0 Å². The molecular formula is C24H26N2O4. The van der Waals surface area contributed by atoms with E-state index in [0.29, 0.717) is 43.2 Å². The van der Waals surface area contributed by atoms with Gasteiger partial charge in [-0.2, -0.15) is 0 Å². The molecule has 0 bridgehead atoms. The Kier molecular flexibility index (Phi) is 5.86. The van der Waals surface area contributed by atoms with Crippen LogP contribution in [-0.4, -0.2) is 49.4 Å². The Balaban J connectivity index is 1.48. The zero-order chi connectivity index (χ0) is 21.1. The molecular weight excluding hydrogens is 380 g/mol. The molecule has 156 valence electrons. The third-order valence-corrected chi connectivity index (χ3v) is 5.55. The topological polar surface area (TPSA) is 63.0 Å². The number of nitrogens with zero attached hydrogens (tertiary/aromatic N) is 2. The number of benzene rings is 2. The second kappa shape index (κ2) is 8.71. The minimum Gasteiger partial charge on any atom is -0.451 e. The molecule has 30 heavy (non-hydrogen) atoms. The van der Waals surface area contributed by atoms with Gasteiger partial charge in [-0.1, -0.05) is 18.2 Å². The van der Waals surface area contributed by atoms with Gasteiger partial charge in [0.1, 0.15) is 5.58 Å². The first-order chi connectivity index (χ1) is 14.6. The highest BCUT2D eigenvalue weighted by atomic mass is 16.5. The summed E-state index contributed by atoms with van der Waals surface area (Å²) in [7, 11) is 0. The molecule has 0 spiro atoms. The maximum atomic E-state index is 13.2. The molecule has 2 heterocycles. The molecule has 1 saturated heterocycles. The highest BCUT2D eigenvalue weighted by Crippen LogP contribution is 2.28.